The number of hydrazone groups is 1. The molecule has 1 heterocycles. The van der Waals surface area contributed by atoms with Gasteiger partial charge in [0.2, 0.25) is 0 Å². The maximum atomic E-state index is 10.6. The highest BCUT2D eigenvalue weighted by Crippen LogP contribution is 2.17. The fourth-order valence-electron chi connectivity index (χ4n) is 1.51. The molecular formula is C14H18N2O. The molecule has 1 aliphatic heterocycles. The van der Waals surface area contributed by atoms with Crippen molar-refractivity contribution in [2.24, 2.45) is 5.10 Å². The van der Waals surface area contributed by atoms with Gasteiger partial charge in [-0.15, -0.1) is 0 Å². The van der Waals surface area contributed by atoms with Crippen LogP contribution in [0.3, 0.4) is 0 Å². The monoisotopic (exact) mass is 230 g/mol. The molecule has 0 atom stereocenters. The van der Waals surface area contributed by atoms with Gasteiger partial charge in [0.25, 0.3) is 0 Å². The van der Waals surface area contributed by atoms with Gasteiger partial charge in [-0.2, -0.15) is 5.10 Å². The van der Waals surface area contributed by atoms with Crippen LogP contribution in [-0.2, 0) is 4.79 Å². The molecule has 0 radical (unpaired) electrons. The lowest BCUT2D eigenvalue weighted by Gasteiger charge is -2.22. The minimum Gasteiger partial charge on any atom is -0.298 e. The normalized spacial score (nSPS) is 14.2. The Kier molecular flexibility index (Phi) is 5.14. The van der Waals surface area contributed by atoms with Gasteiger partial charge in [-0.3, -0.25) is 9.80 Å². The summed E-state index contributed by atoms with van der Waals surface area (Å²) < 4.78 is 0. The van der Waals surface area contributed by atoms with Gasteiger partial charge in [-0.05, 0) is 19.1 Å². The lowest BCUT2D eigenvalue weighted by Crippen LogP contribution is -2.24. The molecule has 0 fully saturated rings. The first-order valence-corrected chi connectivity index (χ1v) is 5.85. The molecule has 3 heteroatoms. The topological polar surface area (TPSA) is 32.7 Å². The van der Waals surface area contributed by atoms with E-state index in [4.69, 9.17) is 0 Å². The maximum absolute atomic E-state index is 10.6. The van der Waals surface area contributed by atoms with Gasteiger partial charge in [0.15, 0.2) is 6.29 Å². The van der Waals surface area contributed by atoms with Crippen LogP contribution in [0.1, 0.15) is 20.8 Å². The summed E-state index contributed by atoms with van der Waals surface area (Å²) >= 11 is 0. The highest BCUT2D eigenvalue weighted by Gasteiger charge is 2.11. The Bertz CT molecular complexity index is 421. The second-order valence-corrected chi connectivity index (χ2v) is 3.38. The van der Waals surface area contributed by atoms with E-state index in [-0.39, 0.29) is 0 Å². The van der Waals surface area contributed by atoms with Crippen LogP contribution in [0.2, 0.25) is 0 Å². The van der Waals surface area contributed by atoms with Gasteiger partial charge >= 0.3 is 0 Å². The zero-order chi connectivity index (χ0) is 12.7. The maximum Gasteiger partial charge on any atom is 0.151 e. The number of aldehydes is 1. The molecule has 0 amide bonds. The average molecular weight is 230 g/mol. The van der Waals surface area contributed by atoms with Crippen LogP contribution in [0.15, 0.2) is 47.1 Å². The quantitative estimate of drug-likeness (QED) is 0.731. The number of nitrogens with zero attached hydrogens (tertiary/aromatic N) is 2. The molecule has 0 saturated carbocycles. The molecule has 3 nitrogen and oxygen atoms in total. The van der Waals surface area contributed by atoms with Crippen LogP contribution in [-0.4, -0.2) is 18.5 Å². The van der Waals surface area contributed by atoms with E-state index in [1.54, 1.807) is 0 Å². The van der Waals surface area contributed by atoms with E-state index in [1.165, 1.54) is 0 Å². The van der Waals surface area contributed by atoms with Crippen molar-refractivity contribution in [2.45, 2.75) is 20.8 Å². The first-order chi connectivity index (χ1) is 8.31. The largest absolute Gasteiger partial charge is 0.298 e. The summed E-state index contributed by atoms with van der Waals surface area (Å²) in [6.07, 6.45) is 2.74. The standard InChI is InChI=1S/C12H12N2O.C2H6/c1-10-11(9-15)7-8-14(13-10)12-5-3-2-4-6-12;1-2/h2-7,9H,8H2,1H3;1-2H3. The molecule has 17 heavy (non-hydrogen) atoms. The van der Waals surface area contributed by atoms with E-state index in [2.05, 4.69) is 5.10 Å². The fourth-order valence-corrected chi connectivity index (χ4v) is 1.51. The van der Waals surface area contributed by atoms with Crippen LogP contribution < -0.4 is 5.01 Å². The number of carbonyl (C=O) groups excluding carboxylic acids is 1. The zero-order valence-corrected chi connectivity index (χ0v) is 10.6. The second-order valence-electron chi connectivity index (χ2n) is 3.38. The van der Waals surface area contributed by atoms with Gasteiger partial charge < -0.3 is 0 Å². The SMILES string of the molecule is CC.CC1=NN(c2ccccc2)CC=C1C=O. The van der Waals surface area contributed by atoms with E-state index in [9.17, 15) is 4.79 Å². The van der Waals surface area contributed by atoms with E-state index in [1.807, 2.05) is 62.2 Å². The van der Waals surface area contributed by atoms with Gasteiger partial charge in [-0.25, -0.2) is 0 Å². The summed E-state index contributed by atoms with van der Waals surface area (Å²) in [5.41, 5.74) is 2.49. The first kappa shape index (κ1) is 13.2. The predicted molar refractivity (Wildman–Crippen MR) is 72.4 cm³/mol. The van der Waals surface area contributed by atoms with Crippen molar-refractivity contribution < 1.29 is 4.79 Å². The third-order valence-electron chi connectivity index (χ3n) is 2.35. The van der Waals surface area contributed by atoms with Gasteiger partial charge in [0.1, 0.15) is 0 Å². The summed E-state index contributed by atoms with van der Waals surface area (Å²) in [4.78, 5) is 10.6. The Hall–Kier alpha value is -1.90. The third kappa shape index (κ3) is 3.28. The van der Waals surface area contributed by atoms with Crippen LogP contribution in [0, 0.1) is 0 Å². The molecule has 0 unspecified atom stereocenters. The molecule has 0 aliphatic carbocycles. The lowest BCUT2D eigenvalue weighted by atomic mass is 10.1. The van der Waals surface area contributed by atoms with Crippen molar-refractivity contribution in [1.82, 2.24) is 0 Å². The smallest absolute Gasteiger partial charge is 0.151 e. The van der Waals surface area contributed by atoms with E-state index in [0.29, 0.717) is 12.1 Å². The van der Waals surface area contributed by atoms with Crippen molar-refractivity contribution in [1.29, 1.82) is 0 Å². The van der Waals surface area contributed by atoms with E-state index < -0.39 is 0 Å². The first-order valence-electron chi connectivity index (χ1n) is 5.85. The molecule has 1 aromatic carbocycles. The summed E-state index contributed by atoms with van der Waals surface area (Å²) in [7, 11) is 0. The van der Waals surface area contributed by atoms with Crippen molar-refractivity contribution in [3.63, 3.8) is 0 Å². The number of rotatable bonds is 2. The van der Waals surface area contributed by atoms with Crippen LogP contribution in [0.5, 0.6) is 0 Å². The fraction of sp³-hybridized carbons (Fsp3) is 0.286. The molecule has 0 N–H and O–H groups in total. The zero-order valence-electron chi connectivity index (χ0n) is 10.6. The lowest BCUT2D eigenvalue weighted by molar-refractivity contribution is -0.104. The number of benzene rings is 1. The number of allylic oxidation sites excluding steroid dienone is 1. The molecule has 2 rings (SSSR count). The molecule has 90 valence electrons. The molecule has 0 aromatic heterocycles. The number of carbonyl (C=O) groups is 1. The molecule has 0 saturated heterocycles. The van der Waals surface area contributed by atoms with Crippen LogP contribution in [0.25, 0.3) is 0 Å². The number of anilines is 1. The molecule has 1 aliphatic rings. The minimum absolute atomic E-state index is 0.648. The van der Waals surface area contributed by atoms with Crippen LogP contribution >= 0.6 is 0 Å². The Morgan fingerprint density at radius 1 is 1.24 bits per heavy atom. The minimum atomic E-state index is 0.648. The molecule has 0 spiro atoms. The van der Waals surface area contributed by atoms with Crippen molar-refractivity contribution >= 4 is 17.7 Å². The summed E-state index contributed by atoms with van der Waals surface area (Å²) in [5.74, 6) is 0. The van der Waals surface area contributed by atoms with Crippen molar-refractivity contribution in [3.8, 4) is 0 Å². The summed E-state index contributed by atoms with van der Waals surface area (Å²) in [5, 5.41) is 6.23. The highest BCUT2D eigenvalue weighted by molar-refractivity contribution is 6.14. The van der Waals surface area contributed by atoms with Crippen molar-refractivity contribution in [2.75, 3.05) is 11.6 Å². The molecule has 1 aromatic rings. The average Bonchev–Trinajstić information content (AvgIpc) is 2.42. The van der Waals surface area contributed by atoms with Gasteiger partial charge in [0, 0.05) is 5.57 Å². The van der Waals surface area contributed by atoms with Gasteiger partial charge in [0.05, 0.1) is 17.9 Å². The summed E-state index contributed by atoms with van der Waals surface area (Å²) in [6, 6.07) is 9.90. The highest BCUT2D eigenvalue weighted by atomic mass is 16.1. The number of para-hydroxylation sites is 1. The Balaban J connectivity index is 0.000000686. The Morgan fingerprint density at radius 2 is 1.88 bits per heavy atom. The molecular weight excluding hydrogens is 212 g/mol. The second kappa shape index (κ2) is 6.63. The number of hydrogen-bond donors (Lipinski definition) is 0. The van der Waals surface area contributed by atoms with Crippen LogP contribution in [0.4, 0.5) is 5.69 Å². The Labute approximate surface area is 102 Å². The number of hydrogen-bond acceptors (Lipinski definition) is 3. The van der Waals surface area contributed by atoms with Crippen molar-refractivity contribution in [3.05, 3.63) is 42.0 Å². The van der Waals surface area contributed by atoms with E-state index in [0.717, 1.165) is 17.7 Å². The van der Waals surface area contributed by atoms with Gasteiger partial charge in [-0.1, -0.05) is 38.1 Å². The van der Waals surface area contributed by atoms with E-state index >= 15 is 0 Å². The third-order valence-corrected chi connectivity index (χ3v) is 2.35. The predicted octanol–water partition coefficient (Wildman–Crippen LogP) is 3.03. The summed E-state index contributed by atoms with van der Waals surface area (Å²) in [6.45, 7) is 6.49. The molecule has 0 bridgehead atoms. The Morgan fingerprint density at radius 3 is 2.41 bits per heavy atom.